The van der Waals surface area contributed by atoms with Crippen LogP contribution in [0, 0.1) is 0 Å². The number of aromatic hydroxyl groups is 1. The lowest BCUT2D eigenvalue weighted by Gasteiger charge is -2.03. The highest BCUT2D eigenvalue weighted by Crippen LogP contribution is 2.35. The number of phenols is 1. The molecule has 0 bridgehead atoms. The summed E-state index contributed by atoms with van der Waals surface area (Å²) in [5, 5.41) is 19.9. The number of hydrogen-bond acceptors (Lipinski definition) is 5. The van der Waals surface area contributed by atoms with Crippen molar-refractivity contribution < 1.29 is 24.0 Å². The second kappa shape index (κ2) is 6.46. The monoisotopic (exact) mass is 345 g/mol. The fourth-order valence-corrected chi connectivity index (χ4v) is 2.87. The molecule has 0 aliphatic carbocycles. The maximum absolute atomic E-state index is 11.7. The van der Waals surface area contributed by atoms with Gasteiger partial charge in [-0.1, -0.05) is 36.4 Å². The number of benzene rings is 3. The van der Waals surface area contributed by atoms with Crippen molar-refractivity contribution in [2.45, 2.75) is 4.90 Å². The van der Waals surface area contributed by atoms with Crippen LogP contribution in [0.5, 0.6) is 5.75 Å². The minimum absolute atomic E-state index is 0.0278. The summed E-state index contributed by atoms with van der Waals surface area (Å²) in [4.78, 5) is 0.0386. The van der Waals surface area contributed by atoms with Gasteiger partial charge >= 0.3 is 10.5 Å². The average molecular weight is 345 g/mol. The molecule has 3 aromatic rings. The Balaban J connectivity index is 1.96. The van der Waals surface area contributed by atoms with Crippen LogP contribution < -0.4 is 5.90 Å². The van der Waals surface area contributed by atoms with Crippen molar-refractivity contribution in [3.63, 3.8) is 0 Å². The van der Waals surface area contributed by atoms with Crippen molar-refractivity contribution in [1.82, 2.24) is 0 Å². The lowest BCUT2D eigenvalue weighted by Crippen LogP contribution is -2.52. The lowest BCUT2D eigenvalue weighted by atomic mass is 10.1. The number of fused-ring (bicyclic) bond motifs is 1. The van der Waals surface area contributed by atoms with Crippen LogP contribution in [0.2, 0.25) is 0 Å². The third kappa shape index (κ3) is 3.17. The van der Waals surface area contributed by atoms with Crippen LogP contribution in [-0.2, 0) is 19.0 Å². The number of azo groups is 1. The van der Waals surface area contributed by atoms with E-state index in [1.54, 1.807) is 24.3 Å². The van der Waals surface area contributed by atoms with Gasteiger partial charge in [0.1, 0.15) is 5.69 Å². The predicted molar refractivity (Wildman–Crippen MR) is 89.2 cm³/mol. The molecular formula is C16H15N3O4S+2. The van der Waals surface area contributed by atoms with E-state index in [1.165, 1.54) is 12.1 Å². The fraction of sp³-hybridized carbons (Fsp3) is 0. The van der Waals surface area contributed by atoms with Crippen LogP contribution in [0.25, 0.3) is 10.8 Å². The molecule has 24 heavy (non-hydrogen) atoms. The number of nitrogens with zero attached hydrogens (tertiary/aromatic N) is 2. The van der Waals surface area contributed by atoms with Crippen LogP contribution in [0.1, 0.15) is 0 Å². The van der Waals surface area contributed by atoms with E-state index in [0.29, 0.717) is 16.8 Å². The van der Waals surface area contributed by atoms with Gasteiger partial charge < -0.3 is 5.11 Å². The molecule has 0 aliphatic rings. The number of hydrogen-bond donors (Lipinski definition) is 3. The highest BCUT2D eigenvalue weighted by atomic mass is 32.3. The Morgan fingerprint density at radius 2 is 1.79 bits per heavy atom. The molecule has 0 amide bonds. The Kier molecular flexibility index (Phi) is 4.36. The summed E-state index contributed by atoms with van der Waals surface area (Å²) in [6.07, 6.45) is 0. The number of rotatable bonds is 4. The first-order valence-electron chi connectivity index (χ1n) is 6.94. The van der Waals surface area contributed by atoms with E-state index < -0.39 is 10.5 Å². The van der Waals surface area contributed by atoms with Crippen LogP contribution in [0.3, 0.4) is 0 Å². The van der Waals surface area contributed by atoms with Crippen LogP contribution in [-0.4, -0.2) is 9.66 Å². The highest BCUT2D eigenvalue weighted by Gasteiger charge is 2.33. The number of quaternary nitrogens is 1. The Bertz CT molecular complexity index is 974. The molecule has 122 valence electrons. The molecule has 3 aromatic carbocycles. The molecule has 0 aliphatic heterocycles. The zero-order valence-electron chi connectivity index (χ0n) is 12.5. The molecule has 0 spiro atoms. The molecular weight excluding hydrogens is 330 g/mol. The summed E-state index contributed by atoms with van der Waals surface area (Å²) in [5.41, 5.74) is 0.649. The van der Waals surface area contributed by atoms with Gasteiger partial charge in [-0.3, -0.25) is 0 Å². The van der Waals surface area contributed by atoms with E-state index in [-0.39, 0.29) is 10.6 Å². The smallest absolute Gasteiger partial charge is 0.444 e. The Labute approximate surface area is 138 Å². The molecule has 0 saturated heterocycles. The fourth-order valence-electron chi connectivity index (χ4n) is 2.21. The predicted octanol–water partition coefficient (Wildman–Crippen LogP) is 3.38. The Morgan fingerprint density at radius 3 is 2.58 bits per heavy atom. The van der Waals surface area contributed by atoms with Crippen molar-refractivity contribution in [2.24, 2.45) is 10.2 Å². The highest BCUT2D eigenvalue weighted by molar-refractivity contribution is 7.93. The first kappa shape index (κ1) is 16.2. The van der Waals surface area contributed by atoms with E-state index in [9.17, 15) is 13.9 Å². The van der Waals surface area contributed by atoms with Gasteiger partial charge in [-0.2, -0.15) is 11.0 Å². The van der Waals surface area contributed by atoms with Gasteiger partial charge in [-0.25, -0.2) is 0 Å². The molecule has 0 heterocycles. The minimum atomic E-state index is -3.65. The quantitative estimate of drug-likeness (QED) is 0.381. The van der Waals surface area contributed by atoms with Crippen LogP contribution in [0.4, 0.5) is 11.4 Å². The Hall–Kier alpha value is -2.65. The average Bonchev–Trinajstić information content (AvgIpc) is 2.61. The summed E-state index contributed by atoms with van der Waals surface area (Å²) in [6.45, 7) is 0. The van der Waals surface area contributed by atoms with Crippen molar-refractivity contribution in [3.8, 4) is 5.75 Å². The summed E-state index contributed by atoms with van der Waals surface area (Å²) in [7, 11) is -3.65. The SMILES string of the molecule is [NH3+]O[S+](=O)(O)c1cccc(N=Nc2ccc3ccccc3c2O)c1. The van der Waals surface area contributed by atoms with Crippen molar-refractivity contribution in [1.29, 1.82) is 0 Å². The summed E-state index contributed by atoms with van der Waals surface area (Å²) < 4.78 is 25.7. The summed E-state index contributed by atoms with van der Waals surface area (Å²) in [6, 6.07) is 16.8. The van der Waals surface area contributed by atoms with Crippen molar-refractivity contribution >= 4 is 32.6 Å². The largest absolute Gasteiger partial charge is 0.505 e. The van der Waals surface area contributed by atoms with Crippen molar-refractivity contribution in [3.05, 3.63) is 60.7 Å². The van der Waals surface area contributed by atoms with E-state index >= 15 is 0 Å². The Morgan fingerprint density at radius 1 is 1.00 bits per heavy atom. The van der Waals surface area contributed by atoms with E-state index in [4.69, 9.17) is 0 Å². The zero-order chi connectivity index (χ0) is 17.2. The van der Waals surface area contributed by atoms with Gasteiger partial charge in [0.15, 0.2) is 5.75 Å². The van der Waals surface area contributed by atoms with E-state index in [0.717, 1.165) is 5.39 Å². The summed E-state index contributed by atoms with van der Waals surface area (Å²) >= 11 is 0. The third-order valence-corrected chi connectivity index (χ3v) is 4.60. The van der Waals surface area contributed by atoms with Crippen LogP contribution >= 0.6 is 0 Å². The maximum atomic E-state index is 11.7. The van der Waals surface area contributed by atoms with Gasteiger partial charge in [-0.15, -0.1) is 9.67 Å². The van der Waals surface area contributed by atoms with Gasteiger partial charge in [0.25, 0.3) is 0 Å². The molecule has 1 unspecified atom stereocenters. The van der Waals surface area contributed by atoms with E-state index in [1.807, 2.05) is 24.3 Å². The molecule has 0 fully saturated rings. The maximum Gasteiger partial charge on any atom is 0.444 e. The molecule has 1 atom stereocenters. The molecule has 3 rings (SSSR count). The molecule has 0 aromatic heterocycles. The van der Waals surface area contributed by atoms with E-state index in [2.05, 4.69) is 20.4 Å². The van der Waals surface area contributed by atoms with Crippen molar-refractivity contribution in [2.75, 3.05) is 0 Å². The van der Waals surface area contributed by atoms with Gasteiger partial charge in [0.05, 0.1) is 9.97 Å². The second-order valence-electron chi connectivity index (χ2n) is 4.94. The van der Waals surface area contributed by atoms with Gasteiger partial charge in [0.2, 0.25) is 4.90 Å². The van der Waals surface area contributed by atoms with Crippen LogP contribution in [0.15, 0.2) is 75.8 Å². The molecule has 7 nitrogen and oxygen atoms in total. The minimum Gasteiger partial charge on any atom is -0.505 e. The molecule has 0 saturated carbocycles. The first-order valence-corrected chi connectivity index (χ1v) is 8.38. The van der Waals surface area contributed by atoms with Gasteiger partial charge in [-0.05, 0) is 27.8 Å². The zero-order valence-corrected chi connectivity index (χ0v) is 13.3. The molecule has 8 heteroatoms. The second-order valence-corrected chi connectivity index (χ2v) is 6.60. The number of phenolic OH excluding ortho intramolecular Hbond substituents is 1. The molecule has 0 radical (unpaired) electrons. The normalized spacial score (nSPS) is 14.1. The summed E-state index contributed by atoms with van der Waals surface area (Å²) in [5.74, 6) is 3.01. The standard InChI is InChI=1S/C16H13N3O4S/c17-23-24(21,22)13-6-3-5-12(10-13)18-19-15-9-8-11-4-1-2-7-14(11)16(15)20/h1-10H,17H3/p+2. The molecule has 5 N–H and O–H groups in total. The van der Waals surface area contributed by atoms with Gasteiger partial charge in [0, 0.05) is 11.5 Å². The first-order chi connectivity index (χ1) is 11.5. The lowest BCUT2D eigenvalue weighted by molar-refractivity contribution is -0.637. The third-order valence-electron chi connectivity index (χ3n) is 3.43. The topological polar surface area (TPSA) is 119 Å².